The molecule has 1 saturated heterocycles. The van der Waals surface area contributed by atoms with Crippen LogP contribution in [-0.4, -0.2) is 39.3 Å². The number of hydrogen-bond acceptors (Lipinski definition) is 7. The van der Waals surface area contributed by atoms with Gasteiger partial charge in [0.25, 0.3) is 10.1 Å². The minimum absolute atomic E-state index is 0.0498. The number of benzene rings is 2. The van der Waals surface area contributed by atoms with E-state index in [0.717, 1.165) is 30.3 Å². The molecule has 0 bridgehead atoms. The van der Waals surface area contributed by atoms with E-state index in [-0.39, 0.29) is 28.1 Å². The normalized spacial score (nSPS) is 15.7. The summed E-state index contributed by atoms with van der Waals surface area (Å²) in [6.45, 7) is 3.53. The molecule has 32 heavy (non-hydrogen) atoms. The van der Waals surface area contributed by atoms with Crippen molar-refractivity contribution >= 4 is 32.7 Å². The van der Waals surface area contributed by atoms with Crippen LogP contribution in [0.5, 0.6) is 0 Å². The Kier molecular flexibility index (Phi) is 5.89. The van der Waals surface area contributed by atoms with E-state index in [0.29, 0.717) is 26.3 Å². The van der Waals surface area contributed by atoms with Gasteiger partial charge in [-0.2, -0.15) is 8.42 Å². The summed E-state index contributed by atoms with van der Waals surface area (Å²) in [4.78, 5) is 14.2. The monoisotopic (exact) mass is 466 g/mol. The van der Waals surface area contributed by atoms with E-state index in [9.17, 15) is 26.5 Å². The Bertz CT molecular complexity index is 1320. The summed E-state index contributed by atoms with van der Waals surface area (Å²) in [6.07, 6.45) is 0. The maximum absolute atomic E-state index is 13.6. The van der Waals surface area contributed by atoms with Gasteiger partial charge in [0.1, 0.15) is 17.2 Å². The lowest BCUT2D eigenvalue weighted by atomic mass is 10.0. The van der Waals surface area contributed by atoms with Crippen molar-refractivity contribution in [3.8, 4) is 0 Å². The van der Waals surface area contributed by atoms with Gasteiger partial charge >= 0.3 is 0 Å². The number of nitrogens with one attached hydrogen (secondary N) is 1. The van der Waals surface area contributed by atoms with Crippen LogP contribution in [0.2, 0.25) is 0 Å². The van der Waals surface area contributed by atoms with Crippen molar-refractivity contribution in [2.24, 2.45) is 0 Å². The summed E-state index contributed by atoms with van der Waals surface area (Å²) in [7, 11) is -4.64. The van der Waals surface area contributed by atoms with Crippen LogP contribution in [0.25, 0.3) is 11.0 Å². The van der Waals surface area contributed by atoms with E-state index in [4.69, 9.17) is 9.15 Å². The van der Waals surface area contributed by atoms with Crippen molar-refractivity contribution in [3.05, 3.63) is 63.8 Å². The summed E-state index contributed by atoms with van der Waals surface area (Å²) in [5, 5.41) is 2.83. The van der Waals surface area contributed by atoms with Gasteiger partial charge in [0.15, 0.2) is 11.3 Å². The number of rotatable bonds is 5. The average molecular weight is 466 g/mol. The summed E-state index contributed by atoms with van der Waals surface area (Å²) < 4.78 is 71.7. The van der Waals surface area contributed by atoms with Crippen LogP contribution in [-0.2, 0) is 14.9 Å². The largest absolute Gasteiger partial charge is 0.440 e. The molecule has 8 nitrogen and oxygen atoms in total. The van der Waals surface area contributed by atoms with Crippen LogP contribution in [0, 0.1) is 11.6 Å². The Morgan fingerprint density at radius 1 is 1.06 bits per heavy atom. The summed E-state index contributed by atoms with van der Waals surface area (Å²) in [6, 6.07) is 5.58. The molecule has 2 heterocycles. The summed E-state index contributed by atoms with van der Waals surface area (Å²) in [5.74, 6) is -1.30. The van der Waals surface area contributed by atoms with Crippen molar-refractivity contribution in [3.63, 3.8) is 0 Å². The fourth-order valence-electron chi connectivity index (χ4n) is 3.62. The van der Waals surface area contributed by atoms with Crippen molar-refractivity contribution in [1.82, 2.24) is 0 Å². The molecule has 2 aromatic carbocycles. The minimum Gasteiger partial charge on any atom is -0.440 e. The zero-order valence-corrected chi connectivity index (χ0v) is 17.8. The molecule has 170 valence electrons. The first-order valence-corrected chi connectivity index (χ1v) is 11.2. The zero-order valence-electron chi connectivity index (χ0n) is 17.0. The van der Waals surface area contributed by atoms with Crippen LogP contribution in [0.4, 0.5) is 20.4 Å². The number of ether oxygens (including phenoxy) is 1. The molecule has 0 aliphatic carbocycles. The van der Waals surface area contributed by atoms with Crippen LogP contribution < -0.4 is 15.6 Å². The summed E-state index contributed by atoms with van der Waals surface area (Å²) >= 11 is 0. The molecule has 1 fully saturated rings. The number of hydrogen-bond donors (Lipinski definition) is 2. The first kappa shape index (κ1) is 22.2. The predicted molar refractivity (Wildman–Crippen MR) is 114 cm³/mol. The van der Waals surface area contributed by atoms with Crippen molar-refractivity contribution in [1.29, 1.82) is 0 Å². The number of anilines is 2. The van der Waals surface area contributed by atoms with E-state index in [1.807, 2.05) is 4.90 Å². The van der Waals surface area contributed by atoms with Gasteiger partial charge in [0, 0.05) is 36.5 Å². The lowest BCUT2D eigenvalue weighted by molar-refractivity contribution is 0.121. The Morgan fingerprint density at radius 2 is 1.72 bits per heavy atom. The van der Waals surface area contributed by atoms with E-state index in [1.165, 1.54) is 6.07 Å². The van der Waals surface area contributed by atoms with Crippen molar-refractivity contribution in [2.75, 3.05) is 36.5 Å². The second-order valence-corrected chi connectivity index (χ2v) is 8.86. The molecule has 1 aromatic heterocycles. The highest BCUT2D eigenvalue weighted by molar-refractivity contribution is 7.85. The molecule has 0 saturated carbocycles. The van der Waals surface area contributed by atoms with Gasteiger partial charge in [-0.15, -0.1) is 0 Å². The van der Waals surface area contributed by atoms with Crippen molar-refractivity contribution < 1.29 is 30.9 Å². The molecule has 4 rings (SSSR count). The van der Waals surface area contributed by atoms with Gasteiger partial charge in [-0.05, 0) is 31.2 Å². The lowest BCUT2D eigenvalue weighted by Gasteiger charge is -2.27. The average Bonchev–Trinajstić information content (AvgIpc) is 2.72. The molecule has 1 aliphatic rings. The van der Waals surface area contributed by atoms with Gasteiger partial charge in [0.05, 0.1) is 29.5 Å². The fraction of sp³-hybridized carbons (Fsp3) is 0.286. The number of morpholine rings is 1. The topological polar surface area (TPSA) is 109 Å². The summed E-state index contributed by atoms with van der Waals surface area (Å²) in [5.41, 5.74) is -0.0779. The molecule has 0 spiro atoms. The molecule has 1 unspecified atom stereocenters. The number of halogens is 2. The smallest absolute Gasteiger partial charge is 0.294 e. The van der Waals surface area contributed by atoms with E-state index >= 15 is 0 Å². The highest BCUT2D eigenvalue weighted by Gasteiger charge is 2.23. The molecule has 0 amide bonds. The van der Waals surface area contributed by atoms with Crippen LogP contribution in [0.1, 0.15) is 18.5 Å². The maximum atomic E-state index is 13.6. The fourth-order valence-corrected chi connectivity index (χ4v) is 4.16. The molecular formula is C21H20F2N2O6S. The highest BCUT2D eigenvalue weighted by atomic mass is 32.2. The minimum atomic E-state index is -4.64. The SMILES string of the molecule is CC(Nc1cc(F)cc(F)c1)c1cc(S(=O)(=O)O)cc2c(=O)cc(N3CCOCC3)oc12. The molecular weight excluding hydrogens is 446 g/mol. The van der Waals surface area contributed by atoms with Gasteiger partial charge in [-0.3, -0.25) is 9.35 Å². The molecule has 2 N–H and O–H groups in total. The molecule has 0 radical (unpaired) electrons. The van der Waals surface area contributed by atoms with E-state index < -0.39 is 38.1 Å². The van der Waals surface area contributed by atoms with E-state index in [2.05, 4.69) is 5.32 Å². The third-order valence-electron chi connectivity index (χ3n) is 5.15. The molecule has 11 heteroatoms. The zero-order chi connectivity index (χ0) is 23.0. The Balaban J connectivity index is 1.87. The second kappa shape index (κ2) is 8.49. The molecule has 3 aromatic rings. The van der Waals surface area contributed by atoms with Gasteiger partial charge in [-0.1, -0.05) is 0 Å². The van der Waals surface area contributed by atoms with Gasteiger partial charge in [0.2, 0.25) is 0 Å². The van der Waals surface area contributed by atoms with Crippen LogP contribution in [0.15, 0.2) is 50.5 Å². The lowest BCUT2D eigenvalue weighted by Crippen LogP contribution is -2.36. The van der Waals surface area contributed by atoms with Gasteiger partial charge in [-0.25, -0.2) is 8.78 Å². The Morgan fingerprint density at radius 3 is 2.34 bits per heavy atom. The van der Waals surface area contributed by atoms with E-state index in [1.54, 1.807) is 6.92 Å². The standard InChI is InChI=1S/C21H20F2N2O6S/c1-12(24-15-7-13(22)6-14(23)8-15)17-9-16(32(27,28)29)10-18-19(26)11-20(31-21(17)18)25-2-4-30-5-3-25/h6-12,24H,2-5H2,1H3,(H,27,28,29). The van der Waals surface area contributed by atoms with Crippen molar-refractivity contribution in [2.45, 2.75) is 17.9 Å². The predicted octanol–water partition coefficient (Wildman–Crippen LogP) is 3.33. The van der Waals surface area contributed by atoms with Crippen LogP contribution >= 0.6 is 0 Å². The Labute approximate surface area is 182 Å². The molecule has 1 atom stereocenters. The molecule has 1 aliphatic heterocycles. The number of nitrogens with zero attached hydrogens (tertiary/aromatic N) is 1. The third-order valence-corrected chi connectivity index (χ3v) is 5.98. The maximum Gasteiger partial charge on any atom is 0.294 e. The first-order valence-electron chi connectivity index (χ1n) is 9.76. The quantitative estimate of drug-likeness (QED) is 0.551. The first-order chi connectivity index (χ1) is 15.1. The number of fused-ring (bicyclic) bond motifs is 1. The second-order valence-electron chi connectivity index (χ2n) is 7.44. The van der Waals surface area contributed by atoms with Crippen LogP contribution in [0.3, 0.4) is 0 Å². The van der Waals surface area contributed by atoms with Gasteiger partial charge < -0.3 is 19.4 Å². The highest BCUT2D eigenvalue weighted by Crippen LogP contribution is 2.31. The third kappa shape index (κ3) is 4.59. The Hall–Kier alpha value is -3.02.